The third-order valence-electron chi connectivity index (χ3n) is 2.97. The van der Waals surface area contributed by atoms with E-state index in [1.807, 2.05) is 17.5 Å². The highest BCUT2D eigenvalue weighted by molar-refractivity contribution is 7.12. The van der Waals surface area contributed by atoms with Crippen molar-refractivity contribution >= 4 is 17.2 Å². The highest BCUT2D eigenvalue weighted by Gasteiger charge is 2.45. The highest BCUT2D eigenvalue weighted by atomic mass is 32.1. The molecule has 1 fully saturated rings. The number of carbonyl (C=O) groups excluding carboxylic acids is 1. The van der Waals surface area contributed by atoms with E-state index in [1.165, 1.54) is 17.8 Å². The monoisotopic (exact) mass is 209 g/mol. The van der Waals surface area contributed by atoms with Crippen LogP contribution in [0.15, 0.2) is 17.5 Å². The smallest absolute Gasteiger partial charge is 0.261 e. The molecule has 1 heterocycles. The van der Waals surface area contributed by atoms with Crippen LogP contribution in [-0.4, -0.2) is 12.5 Å². The maximum Gasteiger partial charge on any atom is 0.261 e. The molecule has 0 saturated heterocycles. The zero-order valence-corrected chi connectivity index (χ0v) is 9.36. The SMILES string of the molecule is CC1(C)CC1CNC(=O)c1cccs1. The van der Waals surface area contributed by atoms with Crippen LogP contribution in [0.2, 0.25) is 0 Å². The van der Waals surface area contributed by atoms with Gasteiger partial charge in [0.1, 0.15) is 0 Å². The van der Waals surface area contributed by atoms with Gasteiger partial charge in [-0.05, 0) is 29.2 Å². The fraction of sp³-hybridized carbons (Fsp3) is 0.545. The van der Waals surface area contributed by atoms with E-state index in [0.717, 1.165) is 11.4 Å². The van der Waals surface area contributed by atoms with Gasteiger partial charge in [-0.15, -0.1) is 11.3 Å². The Morgan fingerprint density at radius 1 is 1.71 bits per heavy atom. The first kappa shape index (κ1) is 9.71. The second-order valence-corrected chi connectivity index (χ2v) is 5.52. The van der Waals surface area contributed by atoms with E-state index in [9.17, 15) is 4.79 Å². The lowest BCUT2D eigenvalue weighted by Crippen LogP contribution is -2.25. The van der Waals surface area contributed by atoms with E-state index in [4.69, 9.17) is 0 Å². The molecule has 1 amide bonds. The van der Waals surface area contributed by atoms with Crippen LogP contribution < -0.4 is 5.32 Å². The summed E-state index contributed by atoms with van der Waals surface area (Å²) < 4.78 is 0. The van der Waals surface area contributed by atoms with Gasteiger partial charge in [0, 0.05) is 6.54 Å². The molecule has 0 spiro atoms. The van der Waals surface area contributed by atoms with E-state index < -0.39 is 0 Å². The van der Waals surface area contributed by atoms with E-state index in [-0.39, 0.29) is 5.91 Å². The summed E-state index contributed by atoms with van der Waals surface area (Å²) >= 11 is 1.49. The van der Waals surface area contributed by atoms with Crippen molar-refractivity contribution in [2.75, 3.05) is 6.54 Å². The van der Waals surface area contributed by atoms with Gasteiger partial charge in [0.2, 0.25) is 0 Å². The van der Waals surface area contributed by atoms with Gasteiger partial charge >= 0.3 is 0 Å². The third-order valence-corrected chi connectivity index (χ3v) is 3.84. The average Bonchev–Trinajstić information content (AvgIpc) is 2.58. The first-order valence-electron chi connectivity index (χ1n) is 4.91. The summed E-state index contributed by atoms with van der Waals surface area (Å²) in [6, 6.07) is 3.76. The van der Waals surface area contributed by atoms with Gasteiger partial charge in [-0.3, -0.25) is 4.79 Å². The van der Waals surface area contributed by atoms with Gasteiger partial charge in [0.15, 0.2) is 0 Å². The average molecular weight is 209 g/mol. The number of hydrogen-bond acceptors (Lipinski definition) is 2. The highest BCUT2D eigenvalue weighted by Crippen LogP contribution is 2.50. The van der Waals surface area contributed by atoms with Crippen molar-refractivity contribution in [2.45, 2.75) is 20.3 Å². The topological polar surface area (TPSA) is 29.1 Å². The van der Waals surface area contributed by atoms with Gasteiger partial charge in [0.25, 0.3) is 5.91 Å². The van der Waals surface area contributed by atoms with Gasteiger partial charge in [-0.1, -0.05) is 19.9 Å². The molecule has 76 valence electrons. The molecule has 2 rings (SSSR count). The van der Waals surface area contributed by atoms with Crippen LogP contribution in [0.25, 0.3) is 0 Å². The molecule has 2 nitrogen and oxygen atoms in total. The quantitative estimate of drug-likeness (QED) is 0.814. The van der Waals surface area contributed by atoms with Crippen molar-refractivity contribution in [1.29, 1.82) is 0 Å². The molecular weight excluding hydrogens is 194 g/mol. The van der Waals surface area contributed by atoms with Crippen molar-refractivity contribution in [2.24, 2.45) is 11.3 Å². The Hall–Kier alpha value is -0.830. The Bertz CT molecular complexity index is 329. The number of hydrogen-bond donors (Lipinski definition) is 1. The number of carbonyl (C=O) groups is 1. The lowest BCUT2D eigenvalue weighted by Gasteiger charge is -2.04. The summed E-state index contributed by atoms with van der Waals surface area (Å²) in [6.45, 7) is 5.31. The number of thiophene rings is 1. The van der Waals surface area contributed by atoms with Crippen molar-refractivity contribution in [3.63, 3.8) is 0 Å². The summed E-state index contributed by atoms with van der Waals surface area (Å²) in [7, 11) is 0. The lowest BCUT2D eigenvalue weighted by atomic mass is 10.1. The first-order chi connectivity index (χ1) is 6.59. The number of amides is 1. The first-order valence-corrected chi connectivity index (χ1v) is 5.79. The molecule has 1 aromatic heterocycles. The molecule has 0 radical (unpaired) electrons. The zero-order chi connectivity index (χ0) is 10.2. The van der Waals surface area contributed by atoms with Crippen LogP contribution in [0.4, 0.5) is 0 Å². The maximum atomic E-state index is 11.5. The Morgan fingerprint density at radius 3 is 2.93 bits per heavy atom. The lowest BCUT2D eigenvalue weighted by molar-refractivity contribution is 0.0954. The van der Waals surface area contributed by atoms with Gasteiger partial charge in [0.05, 0.1) is 4.88 Å². The fourth-order valence-corrected chi connectivity index (χ4v) is 2.28. The summed E-state index contributed by atoms with van der Waals surface area (Å²) in [6.07, 6.45) is 1.23. The Morgan fingerprint density at radius 2 is 2.43 bits per heavy atom. The van der Waals surface area contributed by atoms with Gasteiger partial charge in [-0.25, -0.2) is 0 Å². The summed E-state index contributed by atoms with van der Waals surface area (Å²) in [5, 5.41) is 4.90. The van der Waals surface area contributed by atoms with Gasteiger partial charge < -0.3 is 5.32 Å². The molecular formula is C11H15NOS. The predicted molar refractivity (Wildman–Crippen MR) is 58.5 cm³/mol. The van der Waals surface area contributed by atoms with Gasteiger partial charge in [-0.2, -0.15) is 0 Å². The maximum absolute atomic E-state index is 11.5. The zero-order valence-electron chi connectivity index (χ0n) is 8.54. The molecule has 0 aromatic carbocycles. The number of rotatable bonds is 3. The molecule has 1 N–H and O–H groups in total. The minimum Gasteiger partial charge on any atom is -0.351 e. The molecule has 1 unspecified atom stereocenters. The minimum absolute atomic E-state index is 0.0719. The third kappa shape index (κ3) is 1.98. The molecule has 1 aliphatic carbocycles. The van der Waals surface area contributed by atoms with Crippen LogP contribution in [0, 0.1) is 11.3 Å². The van der Waals surface area contributed by atoms with E-state index in [1.54, 1.807) is 0 Å². The number of nitrogens with one attached hydrogen (secondary N) is 1. The van der Waals surface area contributed by atoms with E-state index in [2.05, 4.69) is 19.2 Å². The van der Waals surface area contributed by atoms with E-state index in [0.29, 0.717) is 11.3 Å². The second-order valence-electron chi connectivity index (χ2n) is 4.58. The van der Waals surface area contributed by atoms with Crippen molar-refractivity contribution < 1.29 is 4.79 Å². The summed E-state index contributed by atoms with van der Waals surface area (Å²) in [5.74, 6) is 0.745. The Labute approximate surface area is 88.3 Å². The van der Waals surface area contributed by atoms with Crippen LogP contribution in [-0.2, 0) is 0 Å². The molecule has 1 atom stereocenters. The molecule has 1 aliphatic rings. The fourth-order valence-electron chi connectivity index (χ4n) is 1.64. The molecule has 0 bridgehead atoms. The standard InChI is InChI=1S/C11H15NOS/c1-11(2)6-8(11)7-12-10(13)9-4-3-5-14-9/h3-5,8H,6-7H2,1-2H3,(H,12,13). The Balaban J connectivity index is 1.80. The molecule has 3 heteroatoms. The molecule has 1 aromatic rings. The van der Waals surface area contributed by atoms with Crippen molar-refractivity contribution in [3.8, 4) is 0 Å². The summed E-state index contributed by atoms with van der Waals surface area (Å²) in [5.41, 5.74) is 0.447. The van der Waals surface area contributed by atoms with E-state index >= 15 is 0 Å². The molecule has 1 saturated carbocycles. The largest absolute Gasteiger partial charge is 0.351 e. The van der Waals surface area contributed by atoms with Crippen LogP contribution >= 0.6 is 11.3 Å². The second kappa shape index (κ2) is 3.39. The predicted octanol–water partition coefficient (Wildman–Crippen LogP) is 2.52. The summed E-state index contributed by atoms with van der Waals surface area (Å²) in [4.78, 5) is 12.4. The minimum atomic E-state index is 0.0719. The Kier molecular flexibility index (Phi) is 2.35. The van der Waals surface area contributed by atoms with Crippen molar-refractivity contribution in [1.82, 2.24) is 5.32 Å². The van der Waals surface area contributed by atoms with Crippen molar-refractivity contribution in [3.05, 3.63) is 22.4 Å². The van der Waals surface area contributed by atoms with Crippen LogP contribution in [0.5, 0.6) is 0 Å². The normalized spacial score (nSPS) is 23.1. The molecule has 14 heavy (non-hydrogen) atoms. The van der Waals surface area contributed by atoms with Crippen LogP contribution in [0.1, 0.15) is 29.9 Å². The molecule has 0 aliphatic heterocycles. The van der Waals surface area contributed by atoms with Crippen LogP contribution in [0.3, 0.4) is 0 Å².